The van der Waals surface area contributed by atoms with Gasteiger partial charge >= 0.3 is 5.97 Å². The zero-order valence-corrected chi connectivity index (χ0v) is 9.10. The third-order valence-electron chi connectivity index (χ3n) is 1.49. The molecule has 0 saturated heterocycles. The zero-order chi connectivity index (χ0) is 11.3. The van der Waals surface area contributed by atoms with Gasteiger partial charge in [-0.2, -0.15) is 0 Å². The molecule has 1 rings (SSSR count). The Bertz CT molecular complexity index is 384. The quantitative estimate of drug-likeness (QED) is 0.630. The predicted molar refractivity (Wildman–Crippen MR) is 59.1 cm³/mol. The van der Waals surface area contributed by atoms with E-state index in [2.05, 4.69) is 11.9 Å². The average molecular weight is 225 g/mol. The smallest absolute Gasteiger partial charge is 0.350 e. The molecule has 0 bridgehead atoms. The van der Waals surface area contributed by atoms with E-state index < -0.39 is 5.97 Å². The van der Waals surface area contributed by atoms with Crippen LogP contribution in [0.2, 0.25) is 0 Å². The van der Waals surface area contributed by atoms with Crippen molar-refractivity contribution in [3.8, 4) is 0 Å². The van der Waals surface area contributed by atoms with Crippen molar-refractivity contribution in [1.82, 2.24) is 0 Å². The van der Waals surface area contributed by atoms with Crippen molar-refractivity contribution < 1.29 is 14.3 Å². The van der Waals surface area contributed by atoms with Crippen LogP contribution in [0, 0.1) is 0 Å². The summed E-state index contributed by atoms with van der Waals surface area (Å²) in [5.41, 5.74) is 0.488. The van der Waals surface area contributed by atoms with Gasteiger partial charge in [0.05, 0.1) is 5.69 Å². The lowest BCUT2D eigenvalue weighted by molar-refractivity contribution is -0.114. The van der Waals surface area contributed by atoms with Crippen molar-refractivity contribution in [1.29, 1.82) is 0 Å². The molecule has 0 saturated carbocycles. The molecule has 5 heteroatoms. The number of hydrogen-bond acceptors (Lipinski definition) is 4. The minimum absolute atomic E-state index is 0.163. The van der Waals surface area contributed by atoms with Crippen molar-refractivity contribution in [3.05, 3.63) is 29.0 Å². The molecule has 4 nitrogen and oxygen atoms in total. The monoisotopic (exact) mass is 225 g/mol. The number of carbonyl (C=O) groups excluding carboxylic acids is 2. The van der Waals surface area contributed by atoms with Gasteiger partial charge < -0.3 is 10.1 Å². The van der Waals surface area contributed by atoms with E-state index in [4.69, 9.17) is 4.74 Å². The number of esters is 1. The van der Waals surface area contributed by atoms with E-state index in [9.17, 15) is 9.59 Å². The molecule has 1 heterocycles. The van der Waals surface area contributed by atoms with Crippen LogP contribution in [0.3, 0.4) is 0 Å². The van der Waals surface area contributed by atoms with Crippen molar-refractivity contribution in [2.24, 2.45) is 0 Å². The van der Waals surface area contributed by atoms with E-state index in [1.165, 1.54) is 24.3 Å². The predicted octanol–water partition coefficient (Wildman–Crippen LogP) is 2.05. The molecule has 0 spiro atoms. The summed E-state index contributed by atoms with van der Waals surface area (Å²) in [6.07, 6.45) is 1.49. The van der Waals surface area contributed by atoms with Gasteiger partial charge in [0, 0.05) is 6.92 Å². The number of hydrogen-bond donors (Lipinski definition) is 1. The number of rotatable bonds is 4. The van der Waals surface area contributed by atoms with Crippen LogP contribution in [0.5, 0.6) is 0 Å². The summed E-state index contributed by atoms with van der Waals surface area (Å²) in [6, 6.07) is 1.66. The minimum Gasteiger partial charge on any atom is -0.457 e. The van der Waals surface area contributed by atoms with E-state index in [0.717, 1.165) is 0 Å². The van der Waals surface area contributed by atoms with Gasteiger partial charge in [0.15, 0.2) is 0 Å². The van der Waals surface area contributed by atoms with Crippen LogP contribution in [0.1, 0.15) is 16.6 Å². The first-order chi connectivity index (χ1) is 7.15. The molecule has 0 aliphatic rings. The van der Waals surface area contributed by atoms with Crippen LogP contribution in [0.15, 0.2) is 24.1 Å². The van der Waals surface area contributed by atoms with E-state index in [1.54, 1.807) is 11.4 Å². The number of nitrogens with one attached hydrogen (secondary N) is 1. The molecule has 1 N–H and O–H groups in total. The minimum atomic E-state index is -0.450. The zero-order valence-electron chi connectivity index (χ0n) is 8.28. The van der Waals surface area contributed by atoms with E-state index in [1.807, 2.05) is 0 Å². The molecule has 1 aromatic heterocycles. The molecule has 15 heavy (non-hydrogen) atoms. The fourth-order valence-electron chi connectivity index (χ4n) is 0.956. The first-order valence-corrected chi connectivity index (χ1v) is 5.16. The van der Waals surface area contributed by atoms with Gasteiger partial charge in [0.2, 0.25) is 5.91 Å². The number of thiophene rings is 1. The lowest BCUT2D eigenvalue weighted by Gasteiger charge is -2.03. The van der Waals surface area contributed by atoms with Gasteiger partial charge in [-0.05, 0) is 11.4 Å². The topological polar surface area (TPSA) is 55.4 Å². The number of amides is 1. The van der Waals surface area contributed by atoms with Crippen LogP contribution in [-0.4, -0.2) is 18.5 Å². The van der Waals surface area contributed by atoms with Crippen molar-refractivity contribution in [2.75, 3.05) is 11.9 Å². The van der Waals surface area contributed by atoms with Gasteiger partial charge in [-0.25, -0.2) is 4.79 Å². The fourth-order valence-corrected chi connectivity index (χ4v) is 1.70. The van der Waals surface area contributed by atoms with Crippen molar-refractivity contribution >= 4 is 28.9 Å². The van der Waals surface area contributed by atoms with Gasteiger partial charge in [0.25, 0.3) is 0 Å². The highest BCUT2D eigenvalue weighted by molar-refractivity contribution is 7.12. The van der Waals surface area contributed by atoms with Crippen molar-refractivity contribution in [2.45, 2.75) is 6.92 Å². The normalized spacial score (nSPS) is 9.40. The summed E-state index contributed by atoms with van der Waals surface area (Å²) in [5, 5.41) is 4.27. The van der Waals surface area contributed by atoms with E-state index >= 15 is 0 Å². The maximum absolute atomic E-state index is 11.5. The second-order valence-corrected chi connectivity index (χ2v) is 3.65. The maximum Gasteiger partial charge on any atom is 0.350 e. The molecule has 0 radical (unpaired) electrons. The first kappa shape index (κ1) is 11.5. The average Bonchev–Trinajstić information content (AvgIpc) is 2.61. The van der Waals surface area contributed by atoms with Gasteiger partial charge in [-0.1, -0.05) is 12.7 Å². The molecule has 1 aromatic rings. The summed E-state index contributed by atoms with van der Waals surface area (Å²) >= 11 is 1.23. The molecule has 0 atom stereocenters. The number of carbonyl (C=O) groups is 2. The Morgan fingerprint density at radius 1 is 1.67 bits per heavy atom. The van der Waals surface area contributed by atoms with E-state index in [-0.39, 0.29) is 12.5 Å². The Hall–Kier alpha value is -1.62. The molecule has 0 fully saturated rings. The summed E-state index contributed by atoms with van der Waals surface area (Å²) in [7, 11) is 0. The summed E-state index contributed by atoms with van der Waals surface area (Å²) in [4.78, 5) is 22.7. The molecular formula is C10H11NO3S. The molecule has 1 amide bonds. The van der Waals surface area contributed by atoms with Crippen LogP contribution in [0.4, 0.5) is 5.69 Å². The van der Waals surface area contributed by atoms with Gasteiger partial charge in [-0.15, -0.1) is 11.3 Å². The van der Waals surface area contributed by atoms with E-state index in [0.29, 0.717) is 10.6 Å². The summed E-state index contributed by atoms with van der Waals surface area (Å²) in [5.74, 6) is -0.667. The third kappa shape index (κ3) is 3.21. The standard InChI is InChI=1S/C10H11NO3S/c1-3-5-14-10(13)9-8(4-6-15-9)11-7(2)12/h3-4,6H,1,5H2,2H3,(H,11,12). The molecular weight excluding hydrogens is 214 g/mol. The second kappa shape index (κ2) is 5.31. The first-order valence-electron chi connectivity index (χ1n) is 4.28. The Morgan fingerprint density at radius 3 is 3.00 bits per heavy atom. The number of ether oxygens (including phenoxy) is 1. The maximum atomic E-state index is 11.5. The summed E-state index contributed by atoms with van der Waals surface area (Å²) < 4.78 is 4.86. The lowest BCUT2D eigenvalue weighted by atomic mass is 10.4. The van der Waals surface area contributed by atoms with Crippen LogP contribution in [0.25, 0.3) is 0 Å². The Morgan fingerprint density at radius 2 is 2.40 bits per heavy atom. The molecule has 0 aliphatic heterocycles. The number of anilines is 1. The van der Waals surface area contributed by atoms with Gasteiger partial charge in [0.1, 0.15) is 11.5 Å². The highest BCUT2D eigenvalue weighted by atomic mass is 32.1. The highest BCUT2D eigenvalue weighted by Crippen LogP contribution is 2.23. The Labute approximate surface area is 91.6 Å². The SMILES string of the molecule is C=CCOC(=O)c1sccc1NC(C)=O. The summed E-state index contributed by atoms with van der Waals surface area (Å²) in [6.45, 7) is 4.99. The highest BCUT2D eigenvalue weighted by Gasteiger charge is 2.14. The fraction of sp³-hybridized carbons (Fsp3) is 0.200. The van der Waals surface area contributed by atoms with Crippen LogP contribution in [-0.2, 0) is 9.53 Å². The second-order valence-electron chi connectivity index (χ2n) is 2.73. The molecule has 0 aromatic carbocycles. The lowest BCUT2D eigenvalue weighted by Crippen LogP contribution is -2.10. The van der Waals surface area contributed by atoms with Crippen LogP contribution >= 0.6 is 11.3 Å². The van der Waals surface area contributed by atoms with Crippen LogP contribution < -0.4 is 5.32 Å². The molecule has 80 valence electrons. The molecule has 0 aliphatic carbocycles. The third-order valence-corrected chi connectivity index (χ3v) is 2.39. The Balaban J connectivity index is 2.75. The molecule has 0 unspecified atom stereocenters. The largest absolute Gasteiger partial charge is 0.457 e. The van der Waals surface area contributed by atoms with Gasteiger partial charge in [-0.3, -0.25) is 4.79 Å². The Kier molecular flexibility index (Phi) is 4.05. The van der Waals surface area contributed by atoms with Crippen molar-refractivity contribution in [3.63, 3.8) is 0 Å².